The van der Waals surface area contributed by atoms with Crippen LogP contribution in [0.25, 0.3) is 10.9 Å². The summed E-state index contributed by atoms with van der Waals surface area (Å²) in [6.45, 7) is 0.706. The first kappa shape index (κ1) is 25.5. The number of amides is 1. The van der Waals surface area contributed by atoms with E-state index in [1.54, 1.807) is 30.3 Å². The highest BCUT2D eigenvalue weighted by Gasteiger charge is 2.34. The molecule has 12 heteroatoms. The van der Waals surface area contributed by atoms with Crippen LogP contribution in [-0.4, -0.2) is 38.3 Å². The molecule has 4 aromatic rings. The molecular formula is C25H21F3N6O3. The second kappa shape index (κ2) is 11.0. The average Bonchev–Trinajstić information content (AvgIpc) is 3.28. The van der Waals surface area contributed by atoms with Gasteiger partial charge in [-0.15, -0.1) is 0 Å². The maximum atomic E-state index is 12.5. The lowest BCUT2D eigenvalue weighted by Crippen LogP contribution is -2.28. The summed E-state index contributed by atoms with van der Waals surface area (Å²) in [6.07, 6.45) is -3.04. The number of aromatic nitrogens is 3. The number of fused-ring (bicyclic) bond motifs is 1. The zero-order valence-electron chi connectivity index (χ0n) is 19.3. The molecular weight excluding hydrogens is 489 g/mol. The van der Waals surface area contributed by atoms with Crippen molar-refractivity contribution >= 4 is 28.5 Å². The molecule has 0 atom stereocenters. The van der Waals surface area contributed by atoms with Crippen LogP contribution in [0.15, 0.2) is 78.2 Å². The lowest BCUT2D eigenvalue weighted by Gasteiger charge is -2.08. The average molecular weight is 510 g/mol. The first-order chi connectivity index (χ1) is 17.7. The zero-order valence-corrected chi connectivity index (χ0v) is 19.3. The Morgan fingerprint density at radius 3 is 2.59 bits per heavy atom. The van der Waals surface area contributed by atoms with Crippen LogP contribution in [0.4, 0.5) is 18.0 Å². The minimum absolute atomic E-state index is 0.268. The standard InChI is InChI=1S/C25H21F3N6O3/c26-25(27,28)21(29)12-22(30)33-24(35)34-9-8-17-10-19(6-7-20(17)34)37-23-11-18(31-15-32-23)14-36-13-16-4-2-1-3-5-16/h1-11,15,29H,12-14H2,(H2,30,33,35). The summed E-state index contributed by atoms with van der Waals surface area (Å²) < 4.78 is 50.2. The molecule has 3 N–H and O–H groups in total. The van der Waals surface area contributed by atoms with E-state index in [9.17, 15) is 18.0 Å². The highest BCUT2D eigenvalue weighted by Crippen LogP contribution is 2.26. The van der Waals surface area contributed by atoms with E-state index in [1.807, 2.05) is 30.3 Å². The van der Waals surface area contributed by atoms with Crippen LogP contribution in [0.5, 0.6) is 11.6 Å². The number of rotatable bonds is 8. The molecule has 37 heavy (non-hydrogen) atoms. The molecule has 0 fully saturated rings. The number of carbonyl (C=O) groups excluding carboxylic acids is 1. The van der Waals surface area contributed by atoms with Gasteiger partial charge < -0.3 is 20.6 Å². The summed E-state index contributed by atoms with van der Waals surface area (Å²) in [4.78, 5) is 24.2. The van der Waals surface area contributed by atoms with Crippen molar-refractivity contribution in [2.24, 2.45) is 10.7 Å². The molecule has 2 heterocycles. The summed E-state index contributed by atoms with van der Waals surface area (Å²) in [5.41, 5.74) is 5.97. The first-order valence-electron chi connectivity index (χ1n) is 10.9. The fraction of sp³-hybridized carbons (Fsp3) is 0.160. The molecule has 0 aliphatic rings. The van der Waals surface area contributed by atoms with Crippen LogP contribution in [0.2, 0.25) is 0 Å². The van der Waals surface area contributed by atoms with Crippen molar-refractivity contribution in [1.29, 1.82) is 5.41 Å². The van der Waals surface area contributed by atoms with E-state index in [0.29, 0.717) is 34.8 Å². The van der Waals surface area contributed by atoms with Gasteiger partial charge in [0.05, 0.1) is 30.8 Å². The number of benzene rings is 2. The molecule has 4 rings (SSSR count). The van der Waals surface area contributed by atoms with Crippen LogP contribution < -0.4 is 10.5 Å². The van der Waals surface area contributed by atoms with Gasteiger partial charge in [0.15, 0.2) is 0 Å². The van der Waals surface area contributed by atoms with Gasteiger partial charge in [0, 0.05) is 17.6 Å². The van der Waals surface area contributed by atoms with Crippen LogP contribution in [-0.2, 0) is 18.0 Å². The molecule has 9 nitrogen and oxygen atoms in total. The van der Waals surface area contributed by atoms with Crippen molar-refractivity contribution in [3.63, 3.8) is 0 Å². The van der Waals surface area contributed by atoms with E-state index in [-0.39, 0.29) is 6.61 Å². The molecule has 2 aromatic heterocycles. The van der Waals surface area contributed by atoms with E-state index in [1.165, 1.54) is 12.5 Å². The minimum atomic E-state index is -4.83. The third-order valence-corrected chi connectivity index (χ3v) is 5.09. The van der Waals surface area contributed by atoms with Gasteiger partial charge >= 0.3 is 12.2 Å². The predicted octanol–water partition coefficient (Wildman–Crippen LogP) is 5.24. The molecule has 0 bridgehead atoms. The molecule has 2 aromatic carbocycles. The van der Waals surface area contributed by atoms with Crippen LogP contribution >= 0.6 is 0 Å². The van der Waals surface area contributed by atoms with Gasteiger partial charge in [0.25, 0.3) is 0 Å². The maximum Gasteiger partial charge on any atom is 0.429 e. The normalized spacial score (nSPS) is 12.0. The molecule has 1 amide bonds. The summed E-state index contributed by atoms with van der Waals surface area (Å²) in [5.74, 6) is 0.128. The van der Waals surface area contributed by atoms with E-state index in [4.69, 9.17) is 20.6 Å². The predicted molar refractivity (Wildman–Crippen MR) is 130 cm³/mol. The number of alkyl halides is 3. The van der Waals surface area contributed by atoms with Crippen molar-refractivity contribution in [1.82, 2.24) is 14.5 Å². The molecule has 0 radical (unpaired) electrons. The largest absolute Gasteiger partial charge is 0.439 e. The number of amidine groups is 1. The zero-order chi connectivity index (χ0) is 26.4. The van der Waals surface area contributed by atoms with Gasteiger partial charge in [-0.2, -0.15) is 18.2 Å². The fourth-order valence-electron chi connectivity index (χ4n) is 3.33. The number of aliphatic imine (C=N–C) groups is 1. The topological polar surface area (TPSA) is 128 Å². The summed E-state index contributed by atoms with van der Waals surface area (Å²) in [6, 6.07) is 17.0. The number of nitrogens with one attached hydrogen (secondary N) is 1. The smallest absolute Gasteiger partial charge is 0.429 e. The summed E-state index contributed by atoms with van der Waals surface area (Å²) >= 11 is 0. The molecule has 0 unspecified atom stereocenters. The highest BCUT2D eigenvalue weighted by atomic mass is 19.4. The Balaban J connectivity index is 1.41. The fourth-order valence-corrected chi connectivity index (χ4v) is 3.33. The Kier molecular flexibility index (Phi) is 7.58. The van der Waals surface area contributed by atoms with Crippen LogP contribution in [0.1, 0.15) is 17.7 Å². The van der Waals surface area contributed by atoms with Gasteiger partial charge in [0.1, 0.15) is 23.6 Å². The Morgan fingerprint density at radius 1 is 1.05 bits per heavy atom. The van der Waals surface area contributed by atoms with Crippen molar-refractivity contribution < 1.29 is 27.4 Å². The van der Waals surface area contributed by atoms with Gasteiger partial charge in [-0.1, -0.05) is 30.3 Å². The second-order valence-electron chi connectivity index (χ2n) is 7.87. The first-order valence-corrected chi connectivity index (χ1v) is 10.9. The minimum Gasteiger partial charge on any atom is -0.439 e. The van der Waals surface area contributed by atoms with Gasteiger partial charge in [-0.25, -0.2) is 14.8 Å². The van der Waals surface area contributed by atoms with Crippen molar-refractivity contribution in [2.75, 3.05) is 0 Å². The Labute approximate surface area is 208 Å². The van der Waals surface area contributed by atoms with E-state index in [2.05, 4.69) is 15.0 Å². The van der Waals surface area contributed by atoms with Crippen LogP contribution in [0.3, 0.4) is 0 Å². The molecule has 0 saturated carbocycles. The van der Waals surface area contributed by atoms with Crippen molar-refractivity contribution in [3.05, 3.63) is 84.4 Å². The highest BCUT2D eigenvalue weighted by molar-refractivity contribution is 6.07. The molecule has 0 spiro atoms. The molecule has 0 aliphatic carbocycles. The second-order valence-corrected chi connectivity index (χ2v) is 7.87. The van der Waals surface area contributed by atoms with E-state index < -0.39 is 30.2 Å². The third-order valence-electron chi connectivity index (χ3n) is 5.09. The SMILES string of the molecule is N=C(CC(N)=NC(=O)n1ccc2cc(Oc3cc(COCc4ccccc4)ncn3)ccc21)C(F)(F)F. The quantitative estimate of drug-likeness (QED) is 0.247. The number of hydrogen-bond donors (Lipinski definition) is 2. The Bertz CT molecular complexity index is 1450. The number of ether oxygens (including phenoxy) is 2. The van der Waals surface area contributed by atoms with Gasteiger partial charge in [-0.3, -0.25) is 4.57 Å². The lowest BCUT2D eigenvalue weighted by molar-refractivity contribution is -0.0605. The van der Waals surface area contributed by atoms with E-state index in [0.717, 1.165) is 10.1 Å². The van der Waals surface area contributed by atoms with Crippen molar-refractivity contribution in [2.45, 2.75) is 25.8 Å². The number of carbonyl (C=O) groups is 1. The molecule has 0 saturated heterocycles. The van der Waals surface area contributed by atoms with Gasteiger partial charge in [-0.05, 0) is 29.8 Å². The Hall–Kier alpha value is -4.58. The number of halogens is 3. The number of hydrogen-bond acceptors (Lipinski definition) is 6. The third kappa shape index (κ3) is 6.76. The van der Waals surface area contributed by atoms with Gasteiger partial charge in [0.2, 0.25) is 5.88 Å². The summed E-state index contributed by atoms with van der Waals surface area (Å²) in [5, 5.41) is 7.60. The Morgan fingerprint density at radius 2 is 1.84 bits per heavy atom. The molecule has 0 aliphatic heterocycles. The van der Waals surface area contributed by atoms with Crippen molar-refractivity contribution in [3.8, 4) is 11.6 Å². The maximum absolute atomic E-state index is 12.5. The molecule has 190 valence electrons. The monoisotopic (exact) mass is 510 g/mol. The summed E-state index contributed by atoms with van der Waals surface area (Å²) in [7, 11) is 0. The number of nitrogens with two attached hydrogens (primary N) is 1. The van der Waals surface area contributed by atoms with Crippen LogP contribution in [0, 0.1) is 5.41 Å². The number of nitrogens with zero attached hydrogens (tertiary/aromatic N) is 4. The lowest BCUT2D eigenvalue weighted by atomic mass is 10.2. The van der Waals surface area contributed by atoms with E-state index >= 15 is 0 Å².